The molecule has 0 spiro atoms. The van der Waals surface area contributed by atoms with Crippen LogP contribution in [-0.2, 0) is 24.2 Å². The van der Waals surface area contributed by atoms with Crippen molar-refractivity contribution in [2.45, 2.75) is 25.6 Å². The third-order valence-corrected chi connectivity index (χ3v) is 5.20. The molecule has 1 aliphatic rings. The highest BCUT2D eigenvalue weighted by Crippen LogP contribution is 2.21. The van der Waals surface area contributed by atoms with Gasteiger partial charge in [0.15, 0.2) is 0 Å². The normalized spacial score (nSPS) is 15.4. The van der Waals surface area contributed by atoms with Crippen molar-refractivity contribution in [3.05, 3.63) is 65.2 Å². The van der Waals surface area contributed by atoms with Crippen LogP contribution in [-0.4, -0.2) is 68.0 Å². The van der Waals surface area contributed by atoms with Crippen LogP contribution in [0.1, 0.15) is 16.7 Å². The summed E-state index contributed by atoms with van der Waals surface area (Å²) in [4.78, 5) is 4.51. The maximum atomic E-state index is 10.5. The van der Waals surface area contributed by atoms with Crippen LogP contribution in [0.3, 0.4) is 0 Å². The van der Waals surface area contributed by atoms with E-state index in [1.54, 1.807) is 7.11 Å². The van der Waals surface area contributed by atoms with Crippen molar-refractivity contribution in [2.75, 3.05) is 47.0 Å². The number of para-hydroxylation sites is 1. The summed E-state index contributed by atoms with van der Waals surface area (Å²) in [6, 6.07) is 16.6. The molecule has 1 N–H and O–H groups in total. The molecule has 3 rings (SSSR count). The van der Waals surface area contributed by atoms with Crippen molar-refractivity contribution < 1.29 is 14.6 Å². The second-order valence-electron chi connectivity index (χ2n) is 7.56. The SMILES string of the molecule is COCCN(C)Cc1ccccc1OC[C@@H](O)CN1CCc2ccccc2C1. The molecular weight excluding hydrogens is 352 g/mol. The van der Waals surface area contributed by atoms with E-state index in [9.17, 15) is 5.11 Å². The fraction of sp³-hybridized carbons (Fsp3) is 0.478. The van der Waals surface area contributed by atoms with E-state index in [1.807, 2.05) is 18.2 Å². The lowest BCUT2D eigenvalue weighted by Gasteiger charge is -2.30. The highest BCUT2D eigenvalue weighted by atomic mass is 16.5. The second kappa shape index (κ2) is 10.6. The molecule has 0 aliphatic carbocycles. The van der Waals surface area contributed by atoms with Crippen LogP contribution in [0.5, 0.6) is 5.75 Å². The van der Waals surface area contributed by atoms with Crippen molar-refractivity contribution in [1.82, 2.24) is 9.80 Å². The van der Waals surface area contributed by atoms with Gasteiger partial charge in [-0.25, -0.2) is 0 Å². The smallest absolute Gasteiger partial charge is 0.123 e. The average Bonchev–Trinajstić information content (AvgIpc) is 2.71. The zero-order chi connectivity index (χ0) is 19.8. The molecule has 0 saturated carbocycles. The van der Waals surface area contributed by atoms with E-state index in [2.05, 4.69) is 47.2 Å². The monoisotopic (exact) mass is 384 g/mol. The van der Waals surface area contributed by atoms with Gasteiger partial charge in [0.05, 0.1) is 6.61 Å². The highest BCUT2D eigenvalue weighted by Gasteiger charge is 2.19. The number of hydrogen-bond acceptors (Lipinski definition) is 5. The number of ether oxygens (including phenoxy) is 2. The third-order valence-electron chi connectivity index (χ3n) is 5.20. The largest absolute Gasteiger partial charge is 0.491 e. The van der Waals surface area contributed by atoms with Crippen molar-refractivity contribution in [1.29, 1.82) is 0 Å². The number of hydrogen-bond donors (Lipinski definition) is 1. The maximum absolute atomic E-state index is 10.5. The molecule has 0 bridgehead atoms. The van der Waals surface area contributed by atoms with Crippen LogP contribution >= 0.6 is 0 Å². The maximum Gasteiger partial charge on any atom is 0.123 e. The lowest BCUT2D eigenvalue weighted by Crippen LogP contribution is -2.38. The Balaban J connectivity index is 1.49. The van der Waals surface area contributed by atoms with Crippen molar-refractivity contribution in [2.24, 2.45) is 0 Å². The number of rotatable bonds is 10. The van der Waals surface area contributed by atoms with Crippen LogP contribution in [0, 0.1) is 0 Å². The van der Waals surface area contributed by atoms with Crippen LogP contribution in [0.2, 0.25) is 0 Å². The summed E-state index contributed by atoms with van der Waals surface area (Å²) in [6.45, 7) is 5.17. The van der Waals surface area contributed by atoms with E-state index in [1.165, 1.54) is 11.1 Å². The summed E-state index contributed by atoms with van der Waals surface area (Å²) < 4.78 is 11.1. The summed E-state index contributed by atoms with van der Waals surface area (Å²) >= 11 is 0. The molecule has 5 heteroatoms. The van der Waals surface area contributed by atoms with Crippen molar-refractivity contribution in [3.8, 4) is 5.75 Å². The Hall–Kier alpha value is -1.92. The zero-order valence-corrected chi connectivity index (χ0v) is 17.0. The minimum absolute atomic E-state index is 0.303. The molecule has 0 aromatic heterocycles. The first-order chi connectivity index (χ1) is 13.7. The molecule has 0 radical (unpaired) electrons. The number of fused-ring (bicyclic) bond motifs is 1. The molecule has 28 heavy (non-hydrogen) atoms. The minimum Gasteiger partial charge on any atom is -0.491 e. The molecule has 0 unspecified atom stereocenters. The van der Waals surface area contributed by atoms with Gasteiger partial charge in [0, 0.05) is 45.4 Å². The van der Waals surface area contributed by atoms with Gasteiger partial charge < -0.3 is 14.6 Å². The van der Waals surface area contributed by atoms with Gasteiger partial charge in [-0.2, -0.15) is 0 Å². The van der Waals surface area contributed by atoms with Gasteiger partial charge in [0.2, 0.25) is 0 Å². The van der Waals surface area contributed by atoms with Gasteiger partial charge in [-0.05, 0) is 30.7 Å². The Morgan fingerprint density at radius 2 is 1.86 bits per heavy atom. The first-order valence-corrected chi connectivity index (χ1v) is 10.0. The van der Waals surface area contributed by atoms with Crippen LogP contribution < -0.4 is 4.74 Å². The first kappa shape index (κ1) is 20.8. The Morgan fingerprint density at radius 3 is 2.68 bits per heavy atom. The van der Waals surface area contributed by atoms with Gasteiger partial charge in [-0.15, -0.1) is 0 Å². The molecule has 152 valence electrons. The topological polar surface area (TPSA) is 45.2 Å². The Bertz CT molecular complexity index is 737. The van der Waals surface area contributed by atoms with Crippen molar-refractivity contribution in [3.63, 3.8) is 0 Å². The molecule has 5 nitrogen and oxygen atoms in total. The Kier molecular flexibility index (Phi) is 7.86. The van der Waals surface area contributed by atoms with Gasteiger partial charge >= 0.3 is 0 Å². The number of nitrogens with zero attached hydrogens (tertiary/aromatic N) is 2. The van der Waals surface area contributed by atoms with Gasteiger partial charge in [-0.3, -0.25) is 9.80 Å². The van der Waals surface area contributed by atoms with Crippen LogP contribution in [0.15, 0.2) is 48.5 Å². The zero-order valence-electron chi connectivity index (χ0n) is 17.0. The van der Waals surface area contributed by atoms with Gasteiger partial charge in [0.25, 0.3) is 0 Å². The Morgan fingerprint density at radius 1 is 1.11 bits per heavy atom. The van der Waals surface area contributed by atoms with E-state index in [-0.39, 0.29) is 0 Å². The van der Waals surface area contributed by atoms with E-state index in [0.717, 1.165) is 43.9 Å². The number of likely N-dealkylation sites (N-methyl/N-ethyl adjacent to an activating group) is 1. The molecule has 1 aliphatic heterocycles. The molecular formula is C23H32N2O3. The van der Waals surface area contributed by atoms with Gasteiger partial charge in [0.1, 0.15) is 18.5 Å². The number of aliphatic hydroxyl groups excluding tert-OH is 1. The summed E-state index contributed by atoms with van der Waals surface area (Å²) in [5, 5.41) is 10.5. The molecule has 0 amide bonds. The average molecular weight is 385 g/mol. The fourth-order valence-corrected chi connectivity index (χ4v) is 3.64. The third kappa shape index (κ3) is 6.04. The van der Waals surface area contributed by atoms with E-state index < -0.39 is 6.10 Å². The quantitative estimate of drug-likeness (QED) is 0.682. The highest BCUT2D eigenvalue weighted by molar-refractivity contribution is 5.33. The predicted molar refractivity (Wildman–Crippen MR) is 112 cm³/mol. The minimum atomic E-state index is -0.510. The van der Waals surface area contributed by atoms with Crippen LogP contribution in [0.25, 0.3) is 0 Å². The number of β-amino-alcohol motifs (C(OH)–C–C–N with tert-alkyl or cyclic N) is 1. The molecule has 1 heterocycles. The molecule has 2 aromatic rings. The predicted octanol–water partition coefficient (Wildman–Crippen LogP) is 2.56. The number of methoxy groups -OCH3 is 1. The molecule has 2 aromatic carbocycles. The summed E-state index contributed by atoms with van der Waals surface area (Å²) in [7, 11) is 3.78. The Labute approximate surface area is 168 Å². The van der Waals surface area contributed by atoms with Gasteiger partial charge in [-0.1, -0.05) is 42.5 Å². The van der Waals surface area contributed by atoms with E-state index >= 15 is 0 Å². The second-order valence-corrected chi connectivity index (χ2v) is 7.56. The van der Waals surface area contributed by atoms with Crippen molar-refractivity contribution >= 4 is 0 Å². The fourth-order valence-electron chi connectivity index (χ4n) is 3.64. The number of benzene rings is 2. The molecule has 0 fully saturated rings. The molecule has 1 atom stereocenters. The van der Waals surface area contributed by atoms with E-state index in [4.69, 9.17) is 9.47 Å². The molecule has 0 saturated heterocycles. The lowest BCUT2D eigenvalue weighted by atomic mass is 10.00. The number of aliphatic hydroxyl groups is 1. The lowest BCUT2D eigenvalue weighted by molar-refractivity contribution is 0.0631. The first-order valence-electron chi connectivity index (χ1n) is 10.0. The summed E-state index contributed by atoms with van der Waals surface area (Å²) in [5.41, 5.74) is 3.92. The van der Waals surface area contributed by atoms with Crippen LogP contribution in [0.4, 0.5) is 0 Å². The summed E-state index contributed by atoms with van der Waals surface area (Å²) in [6.07, 6.45) is 0.532. The van der Waals surface area contributed by atoms with E-state index in [0.29, 0.717) is 19.8 Å². The standard InChI is InChI=1S/C23H32N2O3/c1-24(13-14-27-2)15-21-9-5-6-10-23(21)28-18-22(26)17-25-12-11-19-7-3-4-8-20(19)16-25/h3-10,22,26H,11-18H2,1-2H3/t22-/m0/s1. The summed E-state index contributed by atoms with van der Waals surface area (Å²) in [5.74, 6) is 0.842.